The topological polar surface area (TPSA) is 199 Å². The van der Waals surface area contributed by atoms with Crippen molar-refractivity contribution in [2.75, 3.05) is 39.4 Å². The molecule has 1 unspecified atom stereocenters. The first kappa shape index (κ1) is 49.2. The Labute approximate surface area is 385 Å². The van der Waals surface area contributed by atoms with Crippen LogP contribution in [0.3, 0.4) is 0 Å². The SMILES string of the molecule is COc1ccc(C(OC[C@H]2O[C@@H](n3ccc(NC(=O)OCCc4ccc([N+](=O)[O-])cc4)nc3=O)C[C@@H]2OP(OCCC#N)N(C(C)C)C(C)C)(c2ccccc2)c2ccc(OC)cc2)cc1. The number of nitrogens with one attached hydrogen (secondary N) is 1. The molecule has 17 nitrogen and oxygen atoms in total. The molecule has 0 bridgehead atoms. The second kappa shape index (κ2) is 23.3. The fourth-order valence-electron chi connectivity index (χ4n) is 7.71. The Bertz CT molecular complexity index is 2390. The highest BCUT2D eigenvalue weighted by molar-refractivity contribution is 7.44. The lowest BCUT2D eigenvalue weighted by Gasteiger charge is -2.39. The molecule has 18 heteroatoms. The van der Waals surface area contributed by atoms with E-state index in [-0.39, 0.29) is 56.3 Å². The van der Waals surface area contributed by atoms with E-state index < -0.39 is 49.3 Å². The van der Waals surface area contributed by atoms with Gasteiger partial charge in [0.05, 0.1) is 57.6 Å². The van der Waals surface area contributed by atoms with E-state index >= 15 is 0 Å². The van der Waals surface area contributed by atoms with E-state index in [1.807, 2.05) is 78.9 Å². The highest BCUT2D eigenvalue weighted by Gasteiger charge is 2.45. The van der Waals surface area contributed by atoms with Gasteiger partial charge in [-0.3, -0.25) is 20.0 Å². The molecule has 1 amide bonds. The van der Waals surface area contributed by atoms with Crippen LogP contribution in [0.2, 0.25) is 0 Å². The van der Waals surface area contributed by atoms with Crippen LogP contribution in [0, 0.1) is 21.4 Å². The van der Waals surface area contributed by atoms with Gasteiger partial charge in [0.1, 0.15) is 35.2 Å². The van der Waals surface area contributed by atoms with E-state index in [1.165, 1.54) is 29.0 Å². The molecule has 1 N–H and O–H groups in total. The third-order valence-electron chi connectivity index (χ3n) is 10.8. The number of amides is 1. The van der Waals surface area contributed by atoms with Gasteiger partial charge < -0.3 is 32.7 Å². The molecule has 0 saturated carbocycles. The molecule has 0 aliphatic carbocycles. The molecule has 4 atom stereocenters. The third kappa shape index (κ3) is 12.1. The van der Waals surface area contributed by atoms with E-state index in [0.29, 0.717) is 17.9 Å². The summed E-state index contributed by atoms with van der Waals surface area (Å²) in [5.74, 6) is 1.31. The number of aromatic nitrogens is 2. The number of anilines is 1. The Morgan fingerprint density at radius 2 is 1.53 bits per heavy atom. The summed E-state index contributed by atoms with van der Waals surface area (Å²) < 4.78 is 47.1. The van der Waals surface area contributed by atoms with Crippen molar-refractivity contribution in [1.29, 1.82) is 5.26 Å². The molecule has 348 valence electrons. The van der Waals surface area contributed by atoms with Gasteiger partial charge in [0.25, 0.3) is 14.2 Å². The number of ether oxygens (including phenoxy) is 5. The van der Waals surface area contributed by atoms with Gasteiger partial charge in [-0.2, -0.15) is 10.2 Å². The fraction of sp³-hybridized carbons (Fsp3) is 0.375. The lowest BCUT2D eigenvalue weighted by Crippen LogP contribution is -2.39. The second-order valence-electron chi connectivity index (χ2n) is 15.8. The van der Waals surface area contributed by atoms with Crippen LogP contribution < -0.4 is 20.5 Å². The monoisotopic (exact) mass is 922 g/mol. The van der Waals surface area contributed by atoms with Crippen molar-refractivity contribution in [3.05, 3.63) is 158 Å². The summed E-state index contributed by atoms with van der Waals surface area (Å²) in [6, 6.07) is 34.8. The molecule has 1 saturated heterocycles. The molecule has 2 heterocycles. The van der Waals surface area contributed by atoms with Crippen molar-refractivity contribution < 1.29 is 42.4 Å². The molecular formula is C48H55N6O11P. The Morgan fingerprint density at radius 3 is 2.08 bits per heavy atom. The number of nitro benzene ring substituents is 1. The van der Waals surface area contributed by atoms with Crippen molar-refractivity contribution in [3.63, 3.8) is 0 Å². The summed E-state index contributed by atoms with van der Waals surface area (Å²) in [5.41, 5.74) is 1.28. The highest BCUT2D eigenvalue weighted by atomic mass is 31.2. The molecule has 1 fully saturated rings. The predicted molar refractivity (Wildman–Crippen MR) is 247 cm³/mol. The summed E-state index contributed by atoms with van der Waals surface area (Å²) in [4.78, 5) is 41.0. The predicted octanol–water partition coefficient (Wildman–Crippen LogP) is 8.92. The van der Waals surface area contributed by atoms with Gasteiger partial charge in [0.15, 0.2) is 0 Å². The fourth-order valence-corrected chi connectivity index (χ4v) is 9.47. The minimum Gasteiger partial charge on any atom is -0.497 e. The van der Waals surface area contributed by atoms with Crippen LogP contribution in [-0.4, -0.2) is 83.6 Å². The molecule has 6 rings (SSSR count). The van der Waals surface area contributed by atoms with E-state index in [4.69, 9.17) is 32.7 Å². The number of nitriles is 1. The summed E-state index contributed by atoms with van der Waals surface area (Å²) in [7, 11) is 1.48. The number of hydrogen-bond donors (Lipinski definition) is 1. The van der Waals surface area contributed by atoms with Gasteiger partial charge in [-0.15, -0.1) is 0 Å². The van der Waals surface area contributed by atoms with Gasteiger partial charge in [0.2, 0.25) is 0 Å². The molecule has 1 aromatic heterocycles. The minimum atomic E-state index is -1.74. The van der Waals surface area contributed by atoms with Gasteiger partial charge in [-0.05, 0) is 80.3 Å². The normalized spacial score (nSPS) is 16.5. The van der Waals surface area contributed by atoms with Crippen LogP contribution in [0.25, 0.3) is 0 Å². The summed E-state index contributed by atoms with van der Waals surface area (Å²) >= 11 is 0. The largest absolute Gasteiger partial charge is 0.497 e. The Kier molecular flexibility index (Phi) is 17.3. The smallest absolute Gasteiger partial charge is 0.412 e. The molecule has 1 aliphatic rings. The van der Waals surface area contributed by atoms with Gasteiger partial charge >= 0.3 is 11.8 Å². The van der Waals surface area contributed by atoms with E-state index in [2.05, 4.69) is 48.7 Å². The number of carbonyl (C=O) groups excluding carboxylic acids is 1. The first-order valence-electron chi connectivity index (χ1n) is 21.5. The molecule has 0 radical (unpaired) electrons. The Balaban J connectivity index is 1.30. The Hall–Kier alpha value is -6.25. The highest BCUT2D eigenvalue weighted by Crippen LogP contribution is 2.50. The number of methoxy groups -OCH3 is 2. The first-order chi connectivity index (χ1) is 31.9. The lowest BCUT2D eigenvalue weighted by molar-refractivity contribution is -0.384. The van der Waals surface area contributed by atoms with Crippen LogP contribution in [0.1, 0.15) is 69.0 Å². The van der Waals surface area contributed by atoms with E-state index in [0.717, 1.165) is 22.3 Å². The van der Waals surface area contributed by atoms with Crippen LogP contribution >= 0.6 is 8.53 Å². The maximum Gasteiger partial charge on any atom is 0.412 e. The third-order valence-corrected chi connectivity index (χ3v) is 13.0. The number of non-ortho nitro benzene ring substituents is 1. The molecule has 4 aromatic carbocycles. The zero-order chi connectivity index (χ0) is 47.2. The van der Waals surface area contributed by atoms with E-state index in [9.17, 15) is 25.0 Å². The summed E-state index contributed by atoms with van der Waals surface area (Å²) in [5, 5.41) is 22.9. The lowest BCUT2D eigenvalue weighted by atomic mass is 9.80. The van der Waals surface area contributed by atoms with Gasteiger partial charge in [0, 0.05) is 43.3 Å². The molecule has 0 spiro atoms. The molecule has 5 aromatic rings. The molecule has 1 aliphatic heterocycles. The molecular weight excluding hydrogens is 868 g/mol. The summed E-state index contributed by atoms with van der Waals surface area (Å²) in [6.45, 7) is 8.31. The van der Waals surface area contributed by atoms with Crippen LogP contribution in [0.5, 0.6) is 11.5 Å². The van der Waals surface area contributed by atoms with Gasteiger partial charge in [-0.25, -0.2) is 14.3 Å². The minimum absolute atomic E-state index is 0.0161. The van der Waals surface area contributed by atoms with Crippen LogP contribution in [0.4, 0.5) is 16.3 Å². The standard InChI is InChI=1S/C48H55N6O11P/c1-33(2)53(34(3)4)66(63-29-10-27-49)65-42-31-45(52-28-25-44(50-46(52)55)51-47(56)61-30-26-35-13-19-39(20-14-35)54(57)58)64-43(42)32-62-48(36-11-8-7-9-12-36,37-15-21-40(59-5)22-16-37)38-17-23-41(60-6)24-18-38/h7-9,11-25,28,33-34,42-43,45H,10,26,29-32H2,1-6H3,(H,50,51,55,56)/t42-,43+,45+,66?/m0/s1. The number of hydrogen-bond acceptors (Lipinski definition) is 14. The number of nitro groups is 1. The number of rotatable bonds is 22. The van der Waals surface area contributed by atoms with Crippen molar-refractivity contribution >= 4 is 26.1 Å². The van der Waals surface area contributed by atoms with Crippen molar-refractivity contribution in [1.82, 2.24) is 14.2 Å². The first-order valence-corrected chi connectivity index (χ1v) is 22.6. The number of benzene rings is 4. The molecule has 66 heavy (non-hydrogen) atoms. The quantitative estimate of drug-likeness (QED) is 0.0227. The van der Waals surface area contributed by atoms with Gasteiger partial charge in [-0.1, -0.05) is 66.7 Å². The summed E-state index contributed by atoms with van der Waals surface area (Å²) in [6.07, 6.45) is -0.989. The Morgan fingerprint density at radius 1 is 0.924 bits per heavy atom. The van der Waals surface area contributed by atoms with Crippen molar-refractivity contribution in [2.24, 2.45) is 0 Å². The van der Waals surface area contributed by atoms with Crippen molar-refractivity contribution in [3.8, 4) is 17.6 Å². The average molecular weight is 923 g/mol. The maximum absolute atomic E-state index is 13.7. The zero-order valence-corrected chi connectivity index (χ0v) is 38.7. The second-order valence-corrected chi connectivity index (χ2v) is 17.2. The number of nitrogens with zero attached hydrogens (tertiary/aromatic N) is 5. The number of carbonyl (C=O) groups is 1. The van der Waals surface area contributed by atoms with Crippen LogP contribution in [0.15, 0.2) is 120 Å². The van der Waals surface area contributed by atoms with Crippen molar-refractivity contribution in [2.45, 2.75) is 83.1 Å². The van der Waals surface area contributed by atoms with E-state index in [1.54, 1.807) is 26.4 Å². The van der Waals surface area contributed by atoms with Crippen LogP contribution in [-0.2, 0) is 35.3 Å². The zero-order valence-electron chi connectivity index (χ0n) is 37.8. The maximum atomic E-state index is 13.7. The average Bonchev–Trinajstić information content (AvgIpc) is 3.71.